The summed E-state index contributed by atoms with van der Waals surface area (Å²) in [5.74, 6) is 0.847. The summed E-state index contributed by atoms with van der Waals surface area (Å²) in [5.41, 5.74) is 0.428. The van der Waals surface area contributed by atoms with Gasteiger partial charge in [0, 0.05) is 23.7 Å². The van der Waals surface area contributed by atoms with E-state index in [9.17, 15) is 18.0 Å². The predicted octanol–water partition coefficient (Wildman–Crippen LogP) is 4.63. The standard InChI is InChI=1S/C21H26F3N3O2/c1-12(2)13(3)26-20(28)18-17(11-25-10-14-4-5-14)19(29-27-18)15-6-8-16(9-7-15)21(22,23)24/h6-9,12-14,25H,4-5,10-11H2,1-3H3,(H,26,28)/t13-/m0/s1. The molecule has 0 unspecified atom stereocenters. The first-order valence-corrected chi connectivity index (χ1v) is 9.84. The lowest BCUT2D eigenvalue weighted by atomic mass is 10.0. The molecule has 1 amide bonds. The van der Waals surface area contributed by atoms with Crippen molar-refractivity contribution in [3.63, 3.8) is 0 Å². The third kappa shape index (κ3) is 5.38. The summed E-state index contributed by atoms with van der Waals surface area (Å²) in [7, 11) is 0. The second-order valence-corrected chi connectivity index (χ2v) is 7.99. The SMILES string of the molecule is CC(C)[C@H](C)NC(=O)c1noc(-c2ccc(C(F)(F)F)cc2)c1CNCC1CC1. The van der Waals surface area contributed by atoms with Gasteiger partial charge in [0.2, 0.25) is 0 Å². The Kier molecular flexibility index (Phi) is 6.31. The maximum absolute atomic E-state index is 12.8. The number of carbonyl (C=O) groups excluding carboxylic acids is 1. The molecule has 0 aliphatic heterocycles. The summed E-state index contributed by atoms with van der Waals surface area (Å²) in [6, 6.07) is 4.62. The lowest BCUT2D eigenvalue weighted by Crippen LogP contribution is -2.37. The topological polar surface area (TPSA) is 67.2 Å². The fourth-order valence-corrected chi connectivity index (χ4v) is 2.85. The van der Waals surface area contributed by atoms with Gasteiger partial charge in [-0.05, 0) is 50.3 Å². The summed E-state index contributed by atoms with van der Waals surface area (Å²) < 4.78 is 44.0. The fraction of sp³-hybridized carbons (Fsp3) is 0.524. The van der Waals surface area contributed by atoms with E-state index < -0.39 is 11.7 Å². The minimum atomic E-state index is -4.41. The van der Waals surface area contributed by atoms with Gasteiger partial charge in [0.05, 0.1) is 5.56 Å². The molecule has 29 heavy (non-hydrogen) atoms. The van der Waals surface area contributed by atoms with Crippen LogP contribution in [-0.4, -0.2) is 23.7 Å². The minimum absolute atomic E-state index is 0.0546. The number of nitrogens with zero attached hydrogens (tertiary/aromatic N) is 1. The highest BCUT2D eigenvalue weighted by atomic mass is 19.4. The number of hydrogen-bond donors (Lipinski definition) is 2. The highest BCUT2D eigenvalue weighted by Crippen LogP contribution is 2.33. The lowest BCUT2D eigenvalue weighted by Gasteiger charge is -2.17. The molecule has 0 radical (unpaired) electrons. The van der Waals surface area contributed by atoms with Crippen molar-refractivity contribution in [1.82, 2.24) is 15.8 Å². The molecule has 1 aromatic heterocycles. The quantitative estimate of drug-likeness (QED) is 0.667. The summed E-state index contributed by atoms with van der Waals surface area (Å²) in [6.45, 7) is 7.08. The number of benzene rings is 1. The Hall–Kier alpha value is -2.35. The first kappa shape index (κ1) is 21.4. The molecule has 2 aromatic rings. The summed E-state index contributed by atoms with van der Waals surface area (Å²) in [5, 5.41) is 10.2. The Labute approximate surface area is 168 Å². The van der Waals surface area contributed by atoms with Gasteiger partial charge in [0.25, 0.3) is 5.91 Å². The zero-order valence-electron chi connectivity index (χ0n) is 16.8. The highest BCUT2D eigenvalue weighted by molar-refractivity contribution is 5.95. The van der Waals surface area contributed by atoms with Crippen molar-refractivity contribution in [1.29, 1.82) is 0 Å². The van der Waals surface area contributed by atoms with Crippen LogP contribution in [0.1, 0.15) is 55.2 Å². The van der Waals surface area contributed by atoms with E-state index in [0.29, 0.717) is 29.3 Å². The number of hydrogen-bond acceptors (Lipinski definition) is 4. The van der Waals surface area contributed by atoms with Gasteiger partial charge in [-0.3, -0.25) is 4.79 Å². The van der Waals surface area contributed by atoms with Crippen LogP contribution in [0.25, 0.3) is 11.3 Å². The molecule has 0 saturated heterocycles. The molecule has 1 fully saturated rings. The van der Waals surface area contributed by atoms with Crippen LogP contribution in [0.4, 0.5) is 13.2 Å². The lowest BCUT2D eigenvalue weighted by molar-refractivity contribution is -0.137. The van der Waals surface area contributed by atoms with Gasteiger partial charge in [-0.15, -0.1) is 0 Å². The molecule has 1 saturated carbocycles. The summed E-state index contributed by atoms with van der Waals surface area (Å²) >= 11 is 0. The van der Waals surface area contributed by atoms with Gasteiger partial charge in [-0.25, -0.2) is 0 Å². The molecule has 8 heteroatoms. The highest BCUT2D eigenvalue weighted by Gasteiger charge is 2.31. The van der Waals surface area contributed by atoms with Crippen LogP contribution in [0.15, 0.2) is 28.8 Å². The van der Waals surface area contributed by atoms with Crippen molar-refractivity contribution in [2.45, 2.75) is 52.4 Å². The van der Waals surface area contributed by atoms with E-state index >= 15 is 0 Å². The van der Waals surface area contributed by atoms with Crippen LogP contribution in [0.2, 0.25) is 0 Å². The van der Waals surface area contributed by atoms with Crippen LogP contribution in [0.3, 0.4) is 0 Å². The van der Waals surface area contributed by atoms with Crippen molar-refractivity contribution < 1.29 is 22.5 Å². The number of alkyl halides is 3. The molecule has 1 heterocycles. The third-order valence-electron chi connectivity index (χ3n) is 5.27. The van der Waals surface area contributed by atoms with E-state index in [1.54, 1.807) is 0 Å². The van der Waals surface area contributed by atoms with E-state index in [1.807, 2.05) is 20.8 Å². The Morgan fingerprint density at radius 3 is 2.41 bits per heavy atom. The number of amides is 1. The number of aromatic nitrogens is 1. The monoisotopic (exact) mass is 409 g/mol. The maximum Gasteiger partial charge on any atom is 0.416 e. The van der Waals surface area contributed by atoms with Gasteiger partial charge in [0.1, 0.15) is 0 Å². The molecule has 2 N–H and O–H groups in total. The van der Waals surface area contributed by atoms with Crippen molar-refractivity contribution >= 4 is 5.91 Å². The molecule has 3 rings (SSSR count). The molecular formula is C21H26F3N3O2. The van der Waals surface area contributed by atoms with Gasteiger partial charge in [0.15, 0.2) is 11.5 Å². The molecule has 5 nitrogen and oxygen atoms in total. The number of halogens is 3. The number of carbonyl (C=O) groups is 1. The zero-order chi connectivity index (χ0) is 21.2. The van der Waals surface area contributed by atoms with E-state index in [0.717, 1.165) is 18.7 Å². The summed E-state index contributed by atoms with van der Waals surface area (Å²) in [6.07, 6.45) is -2.05. The second-order valence-electron chi connectivity index (χ2n) is 7.99. The average Bonchev–Trinajstić information content (AvgIpc) is 3.38. The summed E-state index contributed by atoms with van der Waals surface area (Å²) in [4.78, 5) is 12.7. The van der Waals surface area contributed by atoms with Crippen LogP contribution < -0.4 is 10.6 Å². The van der Waals surface area contributed by atoms with E-state index in [4.69, 9.17) is 4.52 Å². The van der Waals surface area contributed by atoms with Crippen molar-refractivity contribution in [3.05, 3.63) is 41.1 Å². The fourth-order valence-electron chi connectivity index (χ4n) is 2.85. The predicted molar refractivity (Wildman–Crippen MR) is 103 cm³/mol. The molecule has 0 bridgehead atoms. The van der Waals surface area contributed by atoms with Gasteiger partial charge in [-0.1, -0.05) is 31.1 Å². The molecule has 0 spiro atoms. The smallest absolute Gasteiger partial charge is 0.355 e. The Bertz CT molecular complexity index is 840. The second kappa shape index (κ2) is 8.57. The average molecular weight is 409 g/mol. The third-order valence-corrected chi connectivity index (χ3v) is 5.27. The van der Waals surface area contributed by atoms with Crippen LogP contribution >= 0.6 is 0 Å². The molecule has 1 aromatic carbocycles. The molecule has 1 atom stereocenters. The van der Waals surface area contributed by atoms with Gasteiger partial charge < -0.3 is 15.2 Å². The van der Waals surface area contributed by atoms with E-state index in [-0.39, 0.29) is 23.6 Å². The number of nitrogens with one attached hydrogen (secondary N) is 2. The first-order chi connectivity index (χ1) is 13.7. The molecule has 1 aliphatic carbocycles. The normalized spacial score (nSPS) is 15.6. The van der Waals surface area contributed by atoms with E-state index in [1.165, 1.54) is 25.0 Å². The van der Waals surface area contributed by atoms with E-state index in [2.05, 4.69) is 15.8 Å². The Morgan fingerprint density at radius 1 is 1.21 bits per heavy atom. The van der Waals surface area contributed by atoms with Crippen LogP contribution in [0, 0.1) is 11.8 Å². The molecule has 158 valence electrons. The van der Waals surface area contributed by atoms with Crippen molar-refractivity contribution in [2.24, 2.45) is 11.8 Å². The minimum Gasteiger partial charge on any atom is -0.355 e. The van der Waals surface area contributed by atoms with Crippen molar-refractivity contribution in [3.8, 4) is 11.3 Å². The maximum atomic E-state index is 12.8. The zero-order valence-corrected chi connectivity index (χ0v) is 16.8. The van der Waals surface area contributed by atoms with Gasteiger partial charge >= 0.3 is 6.18 Å². The van der Waals surface area contributed by atoms with Crippen LogP contribution in [-0.2, 0) is 12.7 Å². The first-order valence-electron chi connectivity index (χ1n) is 9.84. The number of rotatable bonds is 8. The van der Waals surface area contributed by atoms with Crippen LogP contribution in [0.5, 0.6) is 0 Å². The Morgan fingerprint density at radius 2 is 1.86 bits per heavy atom. The van der Waals surface area contributed by atoms with Gasteiger partial charge in [-0.2, -0.15) is 13.2 Å². The van der Waals surface area contributed by atoms with Crippen molar-refractivity contribution in [2.75, 3.05) is 6.54 Å². The molecule has 1 aliphatic rings. The Balaban J connectivity index is 1.87. The largest absolute Gasteiger partial charge is 0.416 e. The molecular weight excluding hydrogens is 383 g/mol.